The van der Waals surface area contributed by atoms with Gasteiger partial charge in [0.2, 0.25) is 5.91 Å². The third kappa shape index (κ3) is 5.31. The van der Waals surface area contributed by atoms with Gasteiger partial charge in [0.05, 0.1) is 12.0 Å². The quantitative estimate of drug-likeness (QED) is 0.649. The van der Waals surface area contributed by atoms with Gasteiger partial charge in [0.1, 0.15) is 0 Å². The van der Waals surface area contributed by atoms with Crippen molar-refractivity contribution in [1.82, 2.24) is 15.1 Å². The average molecular weight is 460 g/mol. The fourth-order valence-electron chi connectivity index (χ4n) is 7.14. The molecule has 6 nitrogen and oxygen atoms in total. The lowest BCUT2D eigenvalue weighted by atomic mass is 9.68. The normalized spacial score (nSPS) is 32.4. The van der Waals surface area contributed by atoms with Crippen LogP contribution in [-0.4, -0.2) is 59.7 Å². The molecule has 2 saturated heterocycles. The molecule has 6 heteroatoms. The zero-order valence-corrected chi connectivity index (χ0v) is 21.0. The molecule has 3 amide bonds. The molecule has 0 radical (unpaired) electrons. The van der Waals surface area contributed by atoms with E-state index in [0.717, 1.165) is 38.5 Å². The minimum absolute atomic E-state index is 0.0448. The number of imide groups is 1. The van der Waals surface area contributed by atoms with Crippen molar-refractivity contribution in [3.05, 3.63) is 0 Å². The standard InChI is InChI=1S/C27H45N3O3/c1-26(22-12-8-7-9-13-22)20-29(2)25(33)30(24(26)32)19-23(31)21-14-17-27(28-18-21)15-10-5-3-4-6-11-16-27/h21-22,28H,3-20H2,1-2H3. The van der Waals surface area contributed by atoms with Crippen molar-refractivity contribution in [2.45, 2.75) is 109 Å². The summed E-state index contributed by atoms with van der Waals surface area (Å²) in [5.74, 6) is 0.120. The van der Waals surface area contributed by atoms with Crippen LogP contribution in [-0.2, 0) is 9.59 Å². The molecule has 4 rings (SSSR count). The lowest BCUT2D eigenvalue weighted by molar-refractivity contribution is -0.150. The second kappa shape index (κ2) is 10.5. The fraction of sp³-hybridized carbons (Fsp3) is 0.889. The minimum atomic E-state index is -0.574. The summed E-state index contributed by atoms with van der Waals surface area (Å²) in [4.78, 5) is 42.8. The second-order valence-corrected chi connectivity index (χ2v) is 11.8. The highest BCUT2D eigenvalue weighted by Crippen LogP contribution is 2.42. The molecule has 0 aromatic carbocycles. The number of rotatable bonds is 4. The summed E-state index contributed by atoms with van der Waals surface area (Å²) in [7, 11) is 1.77. The van der Waals surface area contributed by atoms with Crippen LogP contribution in [0.15, 0.2) is 0 Å². The summed E-state index contributed by atoms with van der Waals surface area (Å²) in [5.41, 5.74) is -0.382. The molecule has 0 aromatic heterocycles. The number of piperidine rings is 1. The Balaban J connectivity index is 1.38. The Kier molecular flexibility index (Phi) is 7.82. The number of hydrogen-bond acceptors (Lipinski definition) is 4. The Morgan fingerprint density at radius 2 is 1.52 bits per heavy atom. The number of hydrogen-bond donors (Lipinski definition) is 1. The highest BCUT2D eigenvalue weighted by Gasteiger charge is 2.51. The van der Waals surface area contributed by atoms with Crippen LogP contribution in [0, 0.1) is 17.3 Å². The number of nitrogens with zero attached hydrogens (tertiary/aromatic N) is 2. The van der Waals surface area contributed by atoms with Crippen molar-refractivity contribution in [2.24, 2.45) is 17.3 Å². The summed E-state index contributed by atoms with van der Waals surface area (Å²) in [6.45, 7) is 3.11. The molecule has 2 aliphatic heterocycles. The first kappa shape index (κ1) is 24.7. The van der Waals surface area contributed by atoms with Crippen LogP contribution >= 0.6 is 0 Å². The Bertz CT molecular complexity index is 712. The smallest absolute Gasteiger partial charge is 0.326 e. The van der Waals surface area contributed by atoms with Crippen molar-refractivity contribution < 1.29 is 14.4 Å². The first-order valence-corrected chi connectivity index (χ1v) is 13.7. The highest BCUT2D eigenvalue weighted by molar-refractivity contribution is 6.03. The molecular formula is C27H45N3O3. The van der Waals surface area contributed by atoms with Crippen LogP contribution in [0.4, 0.5) is 4.79 Å². The van der Waals surface area contributed by atoms with Gasteiger partial charge in [-0.25, -0.2) is 4.79 Å². The number of carbonyl (C=O) groups is 3. The Morgan fingerprint density at radius 1 is 0.909 bits per heavy atom. The molecule has 2 saturated carbocycles. The minimum Gasteiger partial charge on any atom is -0.326 e. The van der Waals surface area contributed by atoms with Gasteiger partial charge in [0, 0.05) is 31.6 Å². The highest BCUT2D eigenvalue weighted by atomic mass is 16.2. The molecular weight excluding hydrogens is 414 g/mol. The van der Waals surface area contributed by atoms with Crippen molar-refractivity contribution in [1.29, 1.82) is 0 Å². The summed E-state index contributed by atoms with van der Waals surface area (Å²) in [5, 5.41) is 3.78. The molecule has 0 bridgehead atoms. The fourth-order valence-corrected chi connectivity index (χ4v) is 7.14. The number of Topliss-reactive ketones (excluding diaryl/α,β-unsaturated/α-hetero) is 1. The van der Waals surface area contributed by atoms with E-state index in [1.165, 1.54) is 62.7 Å². The summed E-state index contributed by atoms with van der Waals surface area (Å²) < 4.78 is 0. The molecule has 33 heavy (non-hydrogen) atoms. The lowest BCUT2D eigenvalue weighted by Gasteiger charge is -2.48. The zero-order valence-electron chi connectivity index (χ0n) is 21.0. The maximum atomic E-state index is 13.6. The van der Waals surface area contributed by atoms with Gasteiger partial charge in [0.25, 0.3) is 0 Å². The van der Waals surface area contributed by atoms with E-state index >= 15 is 0 Å². The van der Waals surface area contributed by atoms with Crippen LogP contribution in [0.25, 0.3) is 0 Å². The van der Waals surface area contributed by atoms with Crippen LogP contribution in [0.1, 0.15) is 103 Å². The van der Waals surface area contributed by atoms with Crippen molar-refractivity contribution >= 4 is 17.7 Å². The van der Waals surface area contributed by atoms with E-state index < -0.39 is 5.41 Å². The molecule has 1 N–H and O–H groups in total. The van der Waals surface area contributed by atoms with Gasteiger partial charge in [-0.3, -0.25) is 14.5 Å². The Labute approximate surface area is 200 Å². The Morgan fingerprint density at radius 3 is 2.12 bits per heavy atom. The van der Waals surface area contributed by atoms with Crippen molar-refractivity contribution in [3.63, 3.8) is 0 Å². The summed E-state index contributed by atoms with van der Waals surface area (Å²) >= 11 is 0. The SMILES string of the molecule is CN1CC(C)(C2CCCCC2)C(=O)N(CC(=O)C2CCC3(CCCCCCCC3)NC2)C1=O. The van der Waals surface area contributed by atoms with E-state index in [4.69, 9.17) is 0 Å². The van der Waals surface area contributed by atoms with Gasteiger partial charge in [-0.15, -0.1) is 0 Å². The molecule has 1 spiro atoms. The number of amides is 3. The van der Waals surface area contributed by atoms with Crippen molar-refractivity contribution in [2.75, 3.05) is 26.7 Å². The monoisotopic (exact) mass is 459 g/mol. The van der Waals surface area contributed by atoms with E-state index in [1.807, 2.05) is 6.92 Å². The average Bonchev–Trinajstić information content (AvgIpc) is 2.94. The molecule has 2 heterocycles. The van der Waals surface area contributed by atoms with Crippen LogP contribution < -0.4 is 5.32 Å². The number of carbonyl (C=O) groups excluding carboxylic acids is 3. The van der Waals surface area contributed by atoms with Gasteiger partial charge in [-0.2, -0.15) is 0 Å². The van der Waals surface area contributed by atoms with Crippen molar-refractivity contribution in [3.8, 4) is 0 Å². The predicted molar refractivity (Wildman–Crippen MR) is 130 cm³/mol. The van der Waals surface area contributed by atoms with Crippen LogP contribution in [0.2, 0.25) is 0 Å². The first-order valence-electron chi connectivity index (χ1n) is 13.7. The van der Waals surface area contributed by atoms with E-state index in [0.29, 0.717) is 19.0 Å². The maximum absolute atomic E-state index is 13.6. The van der Waals surface area contributed by atoms with Gasteiger partial charge in [0.15, 0.2) is 5.78 Å². The zero-order chi connectivity index (χ0) is 23.5. The third-order valence-electron chi connectivity index (χ3n) is 9.39. The molecule has 186 valence electrons. The molecule has 4 fully saturated rings. The first-order chi connectivity index (χ1) is 15.8. The largest absolute Gasteiger partial charge is 0.326 e. The van der Waals surface area contributed by atoms with E-state index in [9.17, 15) is 14.4 Å². The summed E-state index contributed by atoms with van der Waals surface area (Å²) in [6, 6.07) is -0.307. The lowest BCUT2D eigenvalue weighted by Crippen LogP contribution is -2.63. The second-order valence-electron chi connectivity index (χ2n) is 11.8. The predicted octanol–water partition coefficient (Wildman–Crippen LogP) is 4.91. The molecule has 2 unspecified atom stereocenters. The maximum Gasteiger partial charge on any atom is 0.326 e. The molecule has 0 aromatic rings. The number of urea groups is 1. The Hall–Kier alpha value is -1.43. The molecule has 2 atom stereocenters. The molecule has 2 aliphatic carbocycles. The van der Waals surface area contributed by atoms with Gasteiger partial charge in [-0.1, -0.05) is 57.8 Å². The third-order valence-corrected chi connectivity index (χ3v) is 9.39. The summed E-state index contributed by atoms with van der Waals surface area (Å²) in [6.07, 6.45) is 17.8. The van der Waals surface area contributed by atoms with Gasteiger partial charge >= 0.3 is 6.03 Å². The van der Waals surface area contributed by atoms with E-state index in [1.54, 1.807) is 11.9 Å². The van der Waals surface area contributed by atoms with E-state index in [2.05, 4.69) is 5.32 Å². The van der Waals surface area contributed by atoms with Gasteiger partial charge in [-0.05, 0) is 51.4 Å². The van der Waals surface area contributed by atoms with Crippen LogP contribution in [0.5, 0.6) is 0 Å². The molecule has 4 aliphatic rings. The topological polar surface area (TPSA) is 69.7 Å². The van der Waals surface area contributed by atoms with Crippen LogP contribution in [0.3, 0.4) is 0 Å². The van der Waals surface area contributed by atoms with E-state index in [-0.39, 0.29) is 35.7 Å². The number of ketones is 1. The number of nitrogens with one attached hydrogen (secondary N) is 1. The van der Waals surface area contributed by atoms with Gasteiger partial charge < -0.3 is 10.2 Å².